The van der Waals surface area contributed by atoms with Gasteiger partial charge in [0.2, 0.25) is 0 Å². The van der Waals surface area contributed by atoms with Crippen LogP contribution in [-0.4, -0.2) is 42.2 Å². The number of hydrogen-bond acceptors (Lipinski definition) is 4. The SMILES string of the molecule is CCOC(=O)[C@@H]1CN(C(=O)NC2CCCC2)[C@H]2c3cccc(F)c3O[C@@H]12. The summed E-state index contributed by atoms with van der Waals surface area (Å²) in [6.45, 7) is 2.20. The fourth-order valence-corrected chi connectivity index (χ4v) is 4.33. The number of urea groups is 1. The summed E-state index contributed by atoms with van der Waals surface area (Å²) in [4.78, 5) is 26.9. The Bertz CT molecular complexity index is 719. The molecule has 1 aliphatic carbocycles. The van der Waals surface area contributed by atoms with Crippen molar-refractivity contribution in [1.29, 1.82) is 0 Å². The number of nitrogens with zero attached hydrogens (tertiary/aromatic N) is 1. The van der Waals surface area contributed by atoms with Gasteiger partial charge in [0.1, 0.15) is 18.1 Å². The quantitative estimate of drug-likeness (QED) is 0.840. The molecule has 1 N–H and O–H groups in total. The molecule has 7 heteroatoms. The number of esters is 1. The van der Waals surface area contributed by atoms with E-state index >= 15 is 0 Å². The van der Waals surface area contributed by atoms with Crippen LogP contribution >= 0.6 is 0 Å². The summed E-state index contributed by atoms with van der Waals surface area (Å²) in [5.74, 6) is -1.38. The van der Waals surface area contributed by atoms with Gasteiger partial charge in [-0.25, -0.2) is 9.18 Å². The fraction of sp³-hybridized carbons (Fsp3) is 0.579. The molecule has 2 heterocycles. The van der Waals surface area contributed by atoms with Gasteiger partial charge in [-0.3, -0.25) is 4.79 Å². The van der Waals surface area contributed by atoms with Gasteiger partial charge in [0.25, 0.3) is 0 Å². The molecule has 2 fully saturated rings. The molecule has 0 bridgehead atoms. The average molecular weight is 362 g/mol. The second-order valence-corrected chi connectivity index (χ2v) is 7.13. The lowest BCUT2D eigenvalue weighted by atomic mass is 9.99. The van der Waals surface area contributed by atoms with Crippen molar-refractivity contribution in [2.75, 3.05) is 13.2 Å². The zero-order valence-corrected chi connectivity index (χ0v) is 14.7. The molecule has 1 saturated carbocycles. The molecule has 3 aliphatic rings. The molecule has 2 amide bonds. The van der Waals surface area contributed by atoms with E-state index in [0.29, 0.717) is 5.56 Å². The summed E-state index contributed by atoms with van der Waals surface area (Å²) in [7, 11) is 0. The Morgan fingerprint density at radius 2 is 2.12 bits per heavy atom. The lowest BCUT2D eigenvalue weighted by Crippen LogP contribution is -2.44. The summed E-state index contributed by atoms with van der Waals surface area (Å²) >= 11 is 0. The number of likely N-dealkylation sites (tertiary alicyclic amines) is 1. The Labute approximate surface area is 151 Å². The molecule has 6 nitrogen and oxygen atoms in total. The number of carbonyl (C=O) groups excluding carboxylic acids is 2. The van der Waals surface area contributed by atoms with E-state index in [1.807, 2.05) is 0 Å². The van der Waals surface area contributed by atoms with Crippen molar-refractivity contribution in [1.82, 2.24) is 10.2 Å². The second kappa shape index (κ2) is 6.78. The molecule has 0 unspecified atom stereocenters. The van der Waals surface area contributed by atoms with E-state index in [4.69, 9.17) is 9.47 Å². The predicted octanol–water partition coefficient (Wildman–Crippen LogP) is 2.77. The topological polar surface area (TPSA) is 67.9 Å². The highest BCUT2D eigenvalue weighted by molar-refractivity contribution is 5.80. The number of fused-ring (bicyclic) bond motifs is 3. The van der Waals surface area contributed by atoms with Gasteiger partial charge in [-0.2, -0.15) is 0 Å². The van der Waals surface area contributed by atoms with E-state index in [9.17, 15) is 14.0 Å². The van der Waals surface area contributed by atoms with Gasteiger partial charge in [-0.05, 0) is 25.8 Å². The van der Waals surface area contributed by atoms with Crippen LogP contribution in [0.2, 0.25) is 0 Å². The maximum atomic E-state index is 14.2. The van der Waals surface area contributed by atoms with Crippen LogP contribution in [0.4, 0.5) is 9.18 Å². The highest BCUT2D eigenvalue weighted by atomic mass is 19.1. The zero-order chi connectivity index (χ0) is 18.3. The third-order valence-corrected chi connectivity index (χ3v) is 5.54. The first-order valence-corrected chi connectivity index (χ1v) is 9.29. The molecule has 1 saturated heterocycles. The molecule has 140 valence electrons. The van der Waals surface area contributed by atoms with Crippen molar-refractivity contribution < 1.29 is 23.5 Å². The minimum atomic E-state index is -0.624. The number of amides is 2. The Kier molecular flexibility index (Phi) is 4.46. The van der Waals surface area contributed by atoms with Crippen molar-refractivity contribution >= 4 is 12.0 Å². The summed E-state index contributed by atoms with van der Waals surface area (Å²) in [5.41, 5.74) is 0.614. The molecule has 0 aromatic heterocycles. The van der Waals surface area contributed by atoms with Crippen LogP contribution < -0.4 is 10.1 Å². The van der Waals surface area contributed by atoms with E-state index in [2.05, 4.69) is 5.32 Å². The molecule has 3 atom stereocenters. The van der Waals surface area contributed by atoms with E-state index in [-0.39, 0.29) is 31.0 Å². The summed E-state index contributed by atoms with van der Waals surface area (Å²) in [6.07, 6.45) is 3.54. The summed E-state index contributed by atoms with van der Waals surface area (Å²) < 4.78 is 25.1. The number of ether oxygens (including phenoxy) is 2. The lowest BCUT2D eigenvalue weighted by Gasteiger charge is -2.25. The minimum absolute atomic E-state index is 0.134. The van der Waals surface area contributed by atoms with Crippen LogP contribution in [0.3, 0.4) is 0 Å². The first-order chi connectivity index (χ1) is 12.6. The molecule has 1 aromatic carbocycles. The van der Waals surface area contributed by atoms with Gasteiger partial charge in [0.05, 0.1) is 6.61 Å². The van der Waals surface area contributed by atoms with Crippen LogP contribution in [0.5, 0.6) is 5.75 Å². The Hall–Kier alpha value is -2.31. The van der Waals surface area contributed by atoms with E-state index in [1.165, 1.54) is 6.07 Å². The summed E-state index contributed by atoms with van der Waals surface area (Å²) in [6, 6.07) is 4.15. The van der Waals surface area contributed by atoms with Gasteiger partial charge in [0.15, 0.2) is 11.6 Å². The van der Waals surface area contributed by atoms with Crippen LogP contribution in [-0.2, 0) is 9.53 Å². The third-order valence-electron chi connectivity index (χ3n) is 5.54. The van der Waals surface area contributed by atoms with Gasteiger partial charge in [-0.1, -0.05) is 25.0 Å². The Morgan fingerprint density at radius 3 is 2.85 bits per heavy atom. The van der Waals surface area contributed by atoms with Crippen LogP contribution in [0.1, 0.15) is 44.2 Å². The molecule has 1 aromatic rings. The molecular formula is C19H23FN2O4. The molecule has 26 heavy (non-hydrogen) atoms. The number of rotatable bonds is 3. The number of para-hydroxylation sites is 1. The van der Waals surface area contributed by atoms with E-state index in [1.54, 1.807) is 24.0 Å². The van der Waals surface area contributed by atoms with Crippen molar-refractivity contribution in [2.45, 2.75) is 50.8 Å². The van der Waals surface area contributed by atoms with Crippen LogP contribution in [0, 0.1) is 11.7 Å². The lowest BCUT2D eigenvalue weighted by molar-refractivity contribution is -0.149. The van der Waals surface area contributed by atoms with Crippen molar-refractivity contribution in [2.24, 2.45) is 5.92 Å². The molecule has 4 rings (SSSR count). The van der Waals surface area contributed by atoms with Crippen LogP contribution in [0.15, 0.2) is 18.2 Å². The third kappa shape index (κ3) is 2.79. The highest BCUT2D eigenvalue weighted by Gasteiger charge is 2.55. The number of hydrogen-bond donors (Lipinski definition) is 1. The monoisotopic (exact) mass is 362 g/mol. The fourth-order valence-electron chi connectivity index (χ4n) is 4.33. The highest BCUT2D eigenvalue weighted by Crippen LogP contribution is 2.48. The van der Waals surface area contributed by atoms with Crippen LogP contribution in [0.25, 0.3) is 0 Å². The maximum Gasteiger partial charge on any atom is 0.318 e. The molecule has 0 radical (unpaired) electrons. The van der Waals surface area contributed by atoms with Crippen molar-refractivity contribution in [3.63, 3.8) is 0 Å². The maximum absolute atomic E-state index is 14.2. The first kappa shape index (κ1) is 17.1. The zero-order valence-electron chi connectivity index (χ0n) is 14.7. The Morgan fingerprint density at radius 1 is 1.35 bits per heavy atom. The standard InChI is InChI=1S/C19H23FN2O4/c1-2-25-18(23)13-10-22(19(24)21-11-6-3-4-7-11)15-12-8-5-9-14(20)16(12)26-17(13)15/h5,8-9,11,13,15,17H,2-4,6-7,10H2,1H3,(H,21,24)/t13-,15+,17+/m1/s1. The number of nitrogens with one attached hydrogen (secondary N) is 1. The van der Waals surface area contributed by atoms with E-state index in [0.717, 1.165) is 25.7 Å². The average Bonchev–Trinajstić information content (AvgIpc) is 3.31. The molecule has 2 aliphatic heterocycles. The van der Waals surface area contributed by atoms with Gasteiger partial charge >= 0.3 is 12.0 Å². The Balaban J connectivity index is 1.62. The van der Waals surface area contributed by atoms with Gasteiger partial charge < -0.3 is 19.7 Å². The largest absolute Gasteiger partial charge is 0.483 e. The minimum Gasteiger partial charge on any atom is -0.483 e. The predicted molar refractivity (Wildman–Crippen MR) is 91.2 cm³/mol. The number of benzene rings is 1. The normalized spacial score (nSPS) is 27.0. The van der Waals surface area contributed by atoms with Crippen molar-refractivity contribution in [3.05, 3.63) is 29.6 Å². The first-order valence-electron chi connectivity index (χ1n) is 9.29. The van der Waals surface area contributed by atoms with E-state index < -0.39 is 29.9 Å². The van der Waals surface area contributed by atoms with Crippen molar-refractivity contribution in [3.8, 4) is 5.75 Å². The van der Waals surface area contributed by atoms with Gasteiger partial charge in [0, 0.05) is 18.2 Å². The second-order valence-electron chi connectivity index (χ2n) is 7.13. The van der Waals surface area contributed by atoms with Gasteiger partial charge in [-0.15, -0.1) is 0 Å². The molecular weight excluding hydrogens is 339 g/mol. The summed E-state index contributed by atoms with van der Waals surface area (Å²) in [5, 5.41) is 3.06. The smallest absolute Gasteiger partial charge is 0.318 e. The number of carbonyl (C=O) groups is 2. The number of halogens is 1. The molecule has 0 spiro atoms.